The number of nitrogen functional groups attached to an aromatic ring is 1. The van der Waals surface area contributed by atoms with Gasteiger partial charge in [-0.2, -0.15) is 0 Å². The summed E-state index contributed by atoms with van der Waals surface area (Å²) in [6, 6.07) is 6.14. The Labute approximate surface area is 119 Å². The molecule has 2 N–H and O–H groups in total. The van der Waals surface area contributed by atoms with Crippen molar-refractivity contribution in [3.8, 4) is 0 Å². The first-order valence-electron chi connectivity index (χ1n) is 6.88. The minimum atomic E-state index is 0.796. The molecular weight excluding hydrogens is 288 g/mol. The van der Waals surface area contributed by atoms with Crippen molar-refractivity contribution in [3.63, 3.8) is 0 Å². The third-order valence-electron chi connectivity index (χ3n) is 4.05. The van der Waals surface area contributed by atoms with Gasteiger partial charge in [-0.1, -0.05) is 29.8 Å². The van der Waals surface area contributed by atoms with E-state index in [2.05, 4.69) is 40.7 Å². The first-order chi connectivity index (χ1) is 8.58. The van der Waals surface area contributed by atoms with Crippen LogP contribution in [0.1, 0.15) is 33.1 Å². The SMILES string of the molecule is CC(C)C1CCCN(c2cc(Br)ccc2N)CC1. The van der Waals surface area contributed by atoms with E-state index in [0.29, 0.717) is 0 Å². The van der Waals surface area contributed by atoms with Gasteiger partial charge in [0.2, 0.25) is 0 Å². The molecule has 1 fully saturated rings. The van der Waals surface area contributed by atoms with E-state index in [1.165, 1.54) is 24.9 Å². The molecule has 1 heterocycles. The molecule has 1 aromatic carbocycles. The van der Waals surface area contributed by atoms with Crippen molar-refractivity contribution in [2.24, 2.45) is 11.8 Å². The highest BCUT2D eigenvalue weighted by Gasteiger charge is 2.20. The molecule has 0 aromatic heterocycles. The highest BCUT2D eigenvalue weighted by atomic mass is 79.9. The van der Waals surface area contributed by atoms with E-state index >= 15 is 0 Å². The van der Waals surface area contributed by atoms with Crippen LogP contribution in [0.25, 0.3) is 0 Å². The Morgan fingerprint density at radius 3 is 2.78 bits per heavy atom. The largest absolute Gasteiger partial charge is 0.397 e. The van der Waals surface area contributed by atoms with E-state index in [9.17, 15) is 0 Å². The number of halogens is 1. The van der Waals surface area contributed by atoms with E-state index in [0.717, 1.165) is 35.1 Å². The Morgan fingerprint density at radius 1 is 1.28 bits per heavy atom. The fourth-order valence-electron chi connectivity index (χ4n) is 2.82. The van der Waals surface area contributed by atoms with Gasteiger partial charge in [-0.05, 0) is 49.3 Å². The zero-order valence-corrected chi connectivity index (χ0v) is 12.9. The van der Waals surface area contributed by atoms with Crippen LogP contribution in [0, 0.1) is 11.8 Å². The van der Waals surface area contributed by atoms with Crippen molar-refractivity contribution in [1.82, 2.24) is 0 Å². The lowest BCUT2D eigenvalue weighted by Gasteiger charge is -2.25. The van der Waals surface area contributed by atoms with Crippen molar-refractivity contribution in [3.05, 3.63) is 22.7 Å². The highest BCUT2D eigenvalue weighted by molar-refractivity contribution is 9.10. The minimum absolute atomic E-state index is 0.796. The number of rotatable bonds is 2. The molecule has 1 unspecified atom stereocenters. The molecule has 2 nitrogen and oxygen atoms in total. The van der Waals surface area contributed by atoms with Crippen LogP contribution in [0.15, 0.2) is 22.7 Å². The zero-order chi connectivity index (χ0) is 13.1. The van der Waals surface area contributed by atoms with Crippen LogP contribution in [0.3, 0.4) is 0 Å². The Hall–Kier alpha value is -0.700. The van der Waals surface area contributed by atoms with Crippen LogP contribution >= 0.6 is 15.9 Å². The molecule has 0 aliphatic carbocycles. The third kappa shape index (κ3) is 3.19. The molecule has 0 saturated carbocycles. The van der Waals surface area contributed by atoms with E-state index in [1.54, 1.807) is 0 Å². The van der Waals surface area contributed by atoms with E-state index in [-0.39, 0.29) is 0 Å². The molecule has 0 amide bonds. The second kappa shape index (κ2) is 5.96. The van der Waals surface area contributed by atoms with E-state index in [1.807, 2.05) is 12.1 Å². The van der Waals surface area contributed by atoms with Crippen LogP contribution < -0.4 is 10.6 Å². The number of hydrogen-bond acceptors (Lipinski definition) is 2. The molecule has 1 aliphatic rings. The summed E-state index contributed by atoms with van der Waals surface area (Å²) in [4.78, 5) is 2.45. The summed E-state index contributed by atoms with van der Waals surface area (Å²) < 4.78 is 1.11. The predicted octanol–water partition coefficient (Wildman–Crippen LogP) is 4.29. The van der Waals surface area contributed by atoms with Gasteiger partial charge in [-0.3, -0.25) is 0 Å². The van der Waals surface area contributed by atoms with Gasteiger partial charge >= 0.3 is 0 Å². The molecule has 0 spiro atoms. The highest BCUT2D eigenvalue weighted by Crippen LogP contribution is 2.31. The minimum Gasteiger partial charge on any atom is -0.397 e. The Kier molecular flexibility index (Phi) is 4.55. The Balaban J connectivity index is 2.12. The van der Waals surface area contributed by atoms with E-state index in [4.69, 9.17) is 5.73 Å². The first kappa shape index (κ1) is 13.7. The lowest BCUT2D eigenvalue weighted by atomic mass is 9.89. The van der Waals surface area contributed by atoms with Gasteiger partial charge in [0.05, 0.1) is 11.4 Å². The molecule has 1 atom stereocenters. The average molecular weight is 311 g/mol. The summed E-state index contributed by atoms with van der Waals surface area (Å²) in [5.41, 5.74) is 8.18. The molecule has 2 rings (SSSR count). The van der Waals surface area contributed by atoms with Crippen LogP contribution in [0.4, 0.5) is 11.4 Å². The van der Waals surface area contributed by atoms with Crippen molar-refractivity contribution in [2.45, 2.75) is 33.1 Å². The molecule has 1 saturated heterocycles. The summed E-state index contributed by atoms with van der Waals surface area (Å²) in [6.45, 7) is 6.94. The summed E-state index contributed by atoms with van der Waals surface area (Å²) in [7, 11) is 0. The average Bonchev–Trinajstić information content (AvgIpc) is 2.58. The van der Waals surface area contributed by atoms with E-state index < -0.39 is 0 Å². The normalized spacial score (nSPS) is 21.1. The second-order valence-corrected chi connectivity index (χ2v) is 6.54. The molecule has 100 valence electrons. The fraction of sp³-hybridized carbons (Fsp3) is 0.600. The topological polar surface area (TPSA) is 29.3 Å². The maximum Gasteiger partial charge on any atom is 0.0611 e. The van der Waals surface area contributed by atoms with Crippen molar-refractivity contribution >= 4 is 27.3 Å². The molecule has 18 heavy (non-hydrogen) atoms. The smallest absolute Gasteiger partial charge is 0.0611 e. The third-order valence-corrected chi connectivity index (χ3v) is 4.54. The number of benzene rings is 1. The molecule has 0 radical (unpaired) electrons. The number of hydrogen-bond donors (Lipinski definition) is 1. The van der Waals surface area contributed by atoms with Crippen LogP contribution in [0.5, 0.6) is 0 Å². The van der Waals surface area contributed by atoms with Crippen molar-refractivity contribution < 1.29 is 0 Å². The van der Waals surface area contributed by atoms with Gasteiger partial charge in [-0.25, -0.2) is 0 Å². The predicted molar refractivity (Wildman–Crippen MR) is 82.9 cm³/mol. The van der Waals surface area contributed by atoms with Gasteiger partial charge < -0.3 is 10.6 Å². The first-order valence-corrected chi connectivity index (χ1v) is 7.67. The molecule has 3 heteroatoms. The summed E-state index contributed by atoms with van der Waals surface area (Å²) >= 11 is 3.54. The van der Waals surface area contributed by atoms with Crippen LogP contribution in [0.2, 0.25) is 0 Å². The summed E-state index contributed by atoms with van der Waals surface area (Å²) in [5, 5.41) is 0. The van der Waals surface area contributed by atoms with Crippen molar-refractivity contribution in [2.75, 3.05) is 23.7 Å². The summed E-state index contributed by atoms with van der Waals surface area (Å²) in [6.07, 6.45) is 3.90. The van der Waals surface area contributed by atoms with Gasteiger partial charge in [0.25, 0.3) is 0 Å². The molecule has 1 aromatic rings. The number of anilines is 2. The van der Waals surface area contributed by atoms with Gasteiger partial charge in [-0.15, -0.1) is 0 Å². The van der Waals surface area contributed by atoms with Crippen molar-refractivity contribution in [1.29, 1.82) is 0 Å². The standard InChI is InChI=1S/C15H23BrN2/c1-11(2)12-4-3-8-18(9-7-12)15-10-13(16)5-6-14(15)17/h5-6,10-12H,3-4,7-9,17H2,1-2H3. The lowest BCUT2D eigenvalue weighted by Crippen LogP contribution is -2.25. The second-order valence-electron chi connectivity index (χ2n) is 5.63. The summed E-state index contributed by atoms with van der Waals surface area (Å²) in [5.74, 6) is 1.66. The Morgan fingerprint density at radius 2 is 2.06 bits per heavy atom. The van der Waals surface area contributed by atoms with Crippen LogP contribution in [-0.4, -0.2) is 13.1 Å². The zero-order valence-electron chi connectivity index (χ0n) is 11.3. The maximum absolute atomic E-state index is 6.10. The monoisotopic (exact) mass is 310 g/mol. The molecular formula is C15H23BrN2. The van der Waals surface area contributed by atoms with Gasteiger partial charge in [0.15, 0.2) is 0 Å². The molecule has 0 bridgehead atoms. The van der Waals surface area contributed by atoms with Gasteiger partial charge in [0, 0.05) is 17.6 Å². The number of nitrogens with two attached hydrogens (primary N) is 1. The quantitative estimate of drug-likeness (QED) is 0.825. The fourth-order valence-corrected chi connectivity index (χ4v) is 3.17. The van der Waals surface area contributed by atoms with Gasteiger partial charge in [0.1, 0.15) is 0 Å². The van der Waals surface area contributed by atoms with Crippen LogP contribution in [-0.2, 0) is 0 Å². The molecule has 1 aliphatic heterocycles. The Bertz CT molecular complexity index is 403. The number of nitrogens with zero attached hydrogens (tertiary/aromatic N) is 1. The maximum atomic E-state index is 6.10. The lowest BCUT2D eigenvalue weighted by molar-refractivity contribution is 0.351.